The predicted octanol–water partition coefficient (Wildman–Crippen LogP) is 1.68. The first-order valence-corrected chi connectivity index (χ1v) is 3.78. The molecule has 0 N–H and O–H groups in total. The third-order valence-corrected chi connectivity index (χ3v) is 1.55. The summed E-state index contributed by atoms with van der Waals surface area (Å²) in [6, 6.07) is 0. The Bertz CT molecular complexity index is 183. The molecule has 1 aromatic heterocycles. The zero-order valence-corrected chi connectivity index (χ0v) is 6.72. The molecule has 0 saturated heterocycles. The van der Waals surface area contributed by atoms with Gasteiger partial charge in [0.2, 0.25) is 0 Å². The number of hydrogen-bond donors (Lipinski definition) is 0. The second-order valence-electron chi connectivity index (χ2n) is 1.78. The Balaban J connectivity index is 2.88. The molecule has 0 amide bonds. The second kappa shape index (κ2) is 2.92. The summed E-state index contributed by atoms with van der Waals surface area (Å²) in [4.78, 5) is 8.14. The van der Waals surface area contributed by atoms with Gasteiger partial charge in [-0.15, -0.1) is 0 Å². The first kappa shape index (κ1) is 6.68. The molecule has 0 aromatic carbocycles. The van der Waals surface area contributed by atoms with Gasteiger partial charge in [-0.05, 0) is 6.92 Å². The lowest BCUT2D eigenvalue weighted by atomic mass is 10.4. The van der Waals surface area contributed by atoms with E-state index in [0.717, 1.165) is 16.7 Å². The summed E-state index contributed by atoms with van der Waals surface area (Å²) >= 11 is 3.28. The van der Waals surface area contributed by atoms with Gasteiger partial charge < -0.3 is 0 Å². The molecule has 1 heterocycles. The Morgan fingerprint density at radius 3 is 2.67 bits per heavy atom. The summed E-state index contributed by atoms with van der Waals surface area (Å²) in [7, 11) is 0. The third-order valence-electron chi connectivity index (χ3n) is 0.971. The molecule has 1 aromatic rings. The summed E-state index contributed by atoms with van der Waals surface area (Å²) in [5.74, 6) is 0. The Kier molecular flexibility index (Phi) is 2.16. The van der Waals surface area contributed by atoms with Crippen LogP contribution in [0.4, 0.5) is 0 Å². The van der Waals surface area contributed by atoms with Crippen molar-refractivity contribution in [2.24, 2.45) is 0 Å². The van der Waals surface area contributed by atoms with Gasteiger partial charge in [0.05, 0.1) is 11.4 Å². The molecule has 0 spiro atoms. The van der Waals surface area contributed by atoms with Crippen LogP contribution in [0.25, 0.3) is 0 Å². The molecule has 0 unspecified atom stereocenters. The van der Waals surface area contributed by atoms with Crippen LogP contribution in [0.2, 0.25) is 0 Å². The average molecular weight is 187 g/mol. The quantitative estimate of drug-likeness (QED) is 0.625. The maximum absolute atomic E-state index is 4.09. The van der Waals surface area contributed by atoms with Crippen molar-refractivity contribution in [2.45, 2.75) is 12.3 Å². The summed E-state index contributed by atoms with van der Waals surface area (Å²) in [5.41, 5.74) is 1.93. The Hall–Kier alpha value is -0.440. The fourth-order valence-electron chi connectivity index (χ4n) is 0.488. The summed E-state index contributed by atoms with van der Waals surface area (Å²) in [5, 5.41) is 0.778. The van der Waals surface area contributed by atoms with Gasteiger partial charge in [0.15, 0.2) is 0 Å². The van der Waals surface area contributed by atoms with Gasteiger partial charge in [-0.3, -0.25) is 9.97 Å². The smallest absolute Gasteiger partial charge is 0.0692 e. The van der Waals surface area contributed by atoms with Gasteiger partial charge in [-0.1, -0.05) is 15.9 Å². The van der Waals surface area contributed by atoms with Crippen LogP contribution >= 0.6 is 15.9 Å². The Morgan fingerprint density at radius 2 is 2.22 bits per heavy atom. The van der Waals surface area contributed by atoms with E-state index in [4.69, 9.17) is 0 Å². The van der Waals surface area contributed by atoms with Crippen molar-refractivity contribution in [3.63, 3.8) is 0 Å². The molecule has 2 nitrogen and oxygen atoms in total. The van der Waals surface area contributed by atoms with Crippen molar-refractivity contribution in [2.75, 3.05) is 0 Å². The van der Waals surface area contributed by atoms with E-state index in [0.29, 0.717) is 0 Å². The molecule has 1 rings (SSSR count). The fraction of sp³-hybridized carbons (Fsp3) is 0.333. The van der Waals surface area contributed by atoms with E-state index >= 15 is 0 Å². The molecular formula is C6H7BrN2. The number of aromatic nitrogens is 2. The Morgan fingerprint density at radius 1 is 1.44 bits per heavy atom. The average Bonchev–Trinajstić information content (AvgIpc) is 1.90. The topological polar surface area (TPSA) is 25.8 Å². The van der Waals surface area contributed by atoms with Gasteiger partial charge in [-0.25, -0.2) is 0 Å². The van der Waals surface area contributed by atoms with E-state index in [9.17, 15) is 0 Å². The zero-order chi connectivity index (χ0) is 6.69. The highest BCUT2D eigenvalue weighted by Gasteiger charge is 1.88. The number of rotatable bonds is 1. The third kappa shape index (κ3) is 1.75. The van der Waals surface area contributed by atoms with Crippen molar-refractivity contribution < 1.29 is 0 Å². The van der Waals surface area contributed by atoms with E-state index in [1.807, 2.05) is 6.92 Å². The molecule has 0 saturated carbocycles. The number of aryl methyl sites for hydroxylation is 1. The fourth-order valence-corrected chi connectivity index (χ4v) is 0.778. The number of halogens is 1. The number of nitrogens with zero attached hydrogens (tertiary/aromatic N) is 2. The molecule has 0 aliphatic carbocycles. The SMILES string of the molecule is Cc1cnc(CBr)cn1. The molecule has 9 heavy (non-hydrogen) atoms. The molecule has 0 bridgehead atoms. The minimum absolute atomic E-state index is 0.778. The molecule has 0 atom stereocenters. The standard InChI is InChI=1S/C6H7BrN2/c1-5-3-9-6(2-7)4-8-5/h3-4H,2H2,1H3. The van der Waals surface area contributed by atoms with Crippen molar-refractivity contribution >= 4 is 15.9 Å². The summed E-state index contributed by atoms with van der Waals surface area (Å²) in [6.45, 7) is 1.92. The molecule has 0 radical (unpaired) electrons. The number of hydrogen-bond acceptors (Lipinski definition) is 2. The first-order chi connectivity index (χ1) is 4.33. The van der Waals surface area contributed by atoms with Gasteiger partial charge in [-0.2, -0.15) is 0 Å². The predicted molar refractivity (Wildman–Crippen MR) is 39.4 cm³/mol. The molecule has 48 valence electrons. The minimum atomic E-state index is 0.778. The summed E-state index contributed by atoms with van der Waals surface area (Å²) in [6.07, 6.45) is 3.53. The van der Waals surface area contributed by atoms with Crippen LogP contribution < -0.4 is 0 Å². The lowest BCUT2D eigenvalue weighted by Crippen LogP contribution is -1.87. The van der Waals surface area contributed by atoms with Crippen LogP contribution in [0.3, 0.4) is 0 Å². The largest absolute Gasteiger partial charge is 0.258 e. The maximum atomic E-state index is 4.09. The van der Waals surface area contributed by atoms with E-state index in [1.165, 1.54) is 0 Å². The van der Waals surface area contributed by atoms with Crippen molar-refractivity contribution in [1.29, 1.82) is 0 Å². The number of alkyl halides is 1. The summed E-state index contributed by atoms with van der Waals surface area (Å²) < 4.78 is 0. The van der Waals surface area contributed by atoms with Crippen LogP contribution in [-0.2, 0) is 5.33 Å². The van der Waals surface area contributed by atoms with Crippen LogP contribution in [0.5, 0.6) is 0 Å². The van der Waals surface area contributed by atoms with Crippen LogP contribution in [0.15, 0.2) is 12.4 Å². The molecule has 3 heteroatoms. The minimum Gasteiger partial charge on any atom is -0.258 e. The van der Waals surface area contributed by atoms with Crippen LogP contribution in [-0.4, -0.2) is 9.97 Å². The molecule has 0 aliphatic heterocycles. The van der Waals surface area contributed by atoms with Crippen molar-refractivity contribution in [3.8, 4) is 0 Å². The van der Waals surface area contributed by atoms with Gasteiger partial charge in [0.25, 0.3) is 0 Å². The Labute approximate surface area is 62.5 Å². The molecule has 0 fully saturated rings. The molecule has 0 aliphatic rings. The lowest BCUT2D eigenvalue weighted by Gasteiger charge is -1.91. The monoisotopic (exact) mass is 186 g/mol. The first-order valence-electron chi connectivity index (χ1n) is 2.66. The normalized spacial score (nSPS) is 9.56. The van der Waals surface area contributed by atoms with Crippen molar-refractivity contribution in [3.05, 3.63) is 23.8 Å². The van der Waals surface area contributed by atoms with Gasteiger partial charge >= 0.3 is 0 Å². The van der Waals surface area contributed by atoms with E-state index < -0.39 is 0 Å². The highest BCUT2D eigenvalue weighted by Crippen LogP contribution is 1.98. The lowest BCUT2D eigenvalue weighted by molar-refractivity contribution is 1.05. The molecular weight excluding hydrogens is 180 g/mol. The van der Waals surface area contributed by atoms with Gasteiger partial charge in [0, 0.05) is 17.7 Å². The van der Waals surface area contributed by atoms with E-state index in [2.05, 4.69) is 25.9 Å². The highest BCUT2D eigenvalue weighted by atomic mass is 79.9. The maximum Gasteiger partial charge on any atom is 0.0692 e. The van der Waals surface area contributed by atoms with Crippen LogP contribution in [0.1, 0.15) is 11.4 Å². The van der Waals surface area contributed by atoms with E-state index in [-0.39, 0.29) is 0 Å². The van der Waals surface area contributed by atoms with Crippen LogP contribution in [0, 0.1) is 6.92 Å². The van der Waals surface area contributed by atoms with E-state index in [1.54, 1.807) is 12.4 Å². The zero-order valence-electron chi connectivity index (χ0n) is 5.13. The van der Waals surface area contributed by atoms with Gasteiger partial charge in [0.1, 0.15) is 0 Å². The highest BCUT2D eigenvalue weighted by molar-refractivity contribution is 9.08. The van der Waals surface area contributed by atoms with Crippen molar-refractivity contribution in [1.82, 2.24) is 9.97 Å². The second-order valence-corrected chi connectivity index (χ2v) is 2.34.